The van der Waals surface area contributed by atoms with E-state index in [1.807, 2.05) is 12.1 Å². The number of nitrogens with two attached hydrogens (primary N) is 1. The van der Waals surface area contributed by atoms with Crippen LogP contribution in [0.1, 0.15) is 31.2 Å². The highest BCUT2D eigenvalue weighted by atomic mass is 16.5. The second-order valence-corrected chi connectivity index (χ2v) is 4.11. The molecule has 0 bridgehead atoms. The summed E-state index contributed by atoms with van der Waals surface area (Å²) in [5, 5.41) is 0. The zero-order chi connectivity index (χ0) is 10.5. The molecule has 3 nitrogen and oxygen atoms in total. The molecule has 0 radical (unpaired) electrons. The van der Waals surface area contributed by atoms with Crippen molar-refractivity contribution >= 4 is 0 Å². The summed E-state index contributed by atoms with van der Waals surface area (Å²) in [7, 11) is 0. The summed E-state index contributed by atoms with van der Waals surface area (Å²) in [6.45, 7) is 1.27. The van der Waals surface area contributed by atoms with E-state index in [0.29, 0.717) is 12.4 Å². The molecule has 3 heteroatoms. The third kappa shape index (κ3) is 2.69. The van der Waals surface area contributed by atoms with Crippen molar-refractivity contribution in [1.82, 2.24) is 4.98 Å². The van der Waals surface area contributed by atoms with Gasteiger partial charge in [-0.05, 0) is 18.4 Å². The van der Waals surface area contributed by atoms with Crippen LogP contribution in [0.15, 0.2) is 18.3 Å². The Morgan fingerprint density at radius 2 is 2.33 bits per heavy atom. The molecule has 0 spiro atoms. The number of pyridine rings is 1. The highest BCUT2D eigenvalue weighted by Gasteiger charge is 2.17. The number of hydrogen-bond acceptors (Lipinski definition) is 3. The van der Waals surface area contributed by atoms with E-state index in [1.54, 1.807) is 6.20 Å². The van der Waals surface area contributed by atoms with E-state index >= 15 is 0 Å². The molecule has 1 aliphatic carbocycles. The third-order valence-corrected chi connectivity index (χ3v) is 3.06. The van der Waals surface area contributed by atoms with E-state index in [1.165, 1.54) is 19.3 Å². The molecular weight excluding hydrogens is 188 g/mol. The van der Waals surface area contributed by atoms with Crippen LogP contribution in [0.5, 0.6) is 5.88 Å². The van der Waals surface area contributed by atoms with Crippen molar-refractivity contribution in [1.29, 1.82) is 0 Å². The van der Waals surface area contributed by atoms with E-state index in [9.17, 15) is 0 Å². The Kier molecular flexibility index (Phi) is 3.56. The lowest BCUT2D eigenvalue weighted by Crippen LogP contribution is -2.15. The van der Waals surface area contributed by atoms with Gasteiger partial charge in [0.05, 0.1) is 6.61 Å². The van der Waals surface area contributed by atoms with Gasteiger partial charge in [-0.15, -0.1) is 0 Å². The summed E-state index contributed by atoms with van der Waals surface area (Å²) in [5.74, 6) is 1.59. The molecule has 15 heavy (non-hydrogen) atoms. The van der Waals surface area contributed by atoms with Crippen molar-refractivity contribution in [3.63, 3.8) is 0 Å². The molecule has 0 aliphatic heterocycles. The van der Waals surface area contributed by atoms with Crippen LogP contribution in [-0.4, -0.2) is 11.6 Å². The highest BCUT2D eigenvalue weighted by Crippen LogP contribution is 2.29. The molecule has 1 saturated carbocycles. The average molecular weight is 206 g/mol. The predicted octanol–water partition coefficient (Wildman–Crippen LogP) is 2.11. The van der Waals surface area contributed by atoms with Crippen LogP contribution < -0.4 is 10.5 Å². The summed E-state index contributed by atoms with van der Waals surface area (Å²) in [6.07, 6.45) is 7.03. The van der Waals surface area contributed by atoms with Crippen LogP contribution in [0.4, 0.5) is 0 Å². The molecular formula is C12H18N2O. The van der Waals surface area contributed by atoms with Gasteiger partial charge >= 0.3 is 0 Å². The predicted molar refractivity (Wildman–Crippen MR) is 59.6 cm³/mol. The van der Waals surface area contributed by atoms with E-state index in [4.69, 9.17) is 10.5 Å². The second kappa shape index (κ2) is 5.12. The lowest BCUT2D eigenvalue weighted by Gasteiger charge is -2.25. The molecule has 0 aromatic carbocycles. The van der Waals surface area contributed by atoms with Crippen LogP contribution in [0.2, 0.25) is 0 Å². The first-order chi connectivity index (χ1) is 7.40. The largest absolute Gasteiger partial charge is 0.477 e. The summed E-state index contributed by atoms with van der Waals surface area (Å²) in [6, 6.07) is 3.85. The Balaban J connectivity index is 1.81. The van der Waals surface area contributed by atoms with Gasteiger partial charge in [0.25, 0.3) is 0 Å². The molecule has 2 N–H and O–H groups in total. The fourth-order valence-electron chi connectivity index (χ4n) is 1.81. The van der Waals surface area contributed by atoms with Crippen molar-refractivity contribution in [3.8, 4) is 5.88 Å². The lowest BCUT2D eigenvalue weighted by atomic mass is 9.83. The molecule has 0 unspecified atom stereocenters. The molecule has 1 aromatic rings. The minimum atomic E-state index is 0.493. The van der Waals surface area contributed by atoms with Gasteiger partial charge in [0.15, 0.2) is 0 Å². The fourth-order valence-corrected chi connectivity index (χ4v) is 1.81. The van der Waals surface area contributed by atoms with Gasteiger partial charge in [-0.25, -0.2) is 4.98 Å². The molecule has 1 aliphatic rings. The van der Waals surface area contributed by atoms with E-state index in [2.05, 4.69) is 4.98 Å². The van der Waals surface area contributed by atoms with Gasteiger partial charge in [-0.2, -0.15) is 0 Å². The van der Waals surface area contributed by atoms with Gasteiger partial charge in [0, 0.05) is 18.3 Å². The molecule has 1 aromatic heterocycles. The Bertz CT molecular complexity index is 310. The number of nitrogens with zero attached hydrogens (tertiary/aromatic N) is 1. The lowest BCUT2D eigenvalue weighted by molar-refractivity contribution is 0.216. The molecule has 0 atom stereocenters. The maximum atomic E-state index is 5.64. The van der Waals surface area contributed by atoms with E-state index < -0.39 is 0 Å². The first kappa shape index (κ1) is 10.4. The minimum Gasteiger partial charge on any atom is -0.477 e. The van der Waals surface area contributed by atoms with E-state index in [-0.39, 0.29) is 0 Å². The third-order valence-electron chi connectivity index (χ3n) is 3.06. The van der Waals surface area contributed by atoms with Crippen molar-refractivity contribution in [2.45, 2.75) is 32.2 Å². The van der Waals surface area contributed by atoms with Gasteiger partial charge in [0.1, 0.15) is 0 Å². The van der Waals surface area contributed by atoms with Crippen LogP contribution in [0, 0.1) is 5.92 Å². The molecule has 82 valence electrons. The zero-order valence-corrected chi connectivity index (χ0v) is 8.98. The van der Waals surface area contributed by atoms with Gasteiger partial charge in [-0.3, -0.25) is 0 Å². The molecule has 1 heterocycles. The van der Waals surface area contributed by atoms with Gasteiger partial charge in [-0.1, -0.05) is 25.3 Å². The Labute approximate surface area is 90.7 Å². The number of aromatic nitrogens is 1. The van der Waals surface area contributed by atoms with Crippen LogP contribution >= 0.6 is 0 Å². The number of rotatable bonds is 5. The first-order valence-corrected chi connectivity index (χ1v) is 5.67. The smallest absolute Gasteiger partial charge is 0.217 e. The Morgan fingerprint density at radius 3 is 3.00 bits per heavy atom. The maximum Gasteiger partial charge on any atom is 0.217 e. The zero-order valence-electron chi connectivity index (χ0n) is 8.98. The fraction of sp³-hybridized carbons (Fsp3) is 0.583. The molecule has 1 fully saturated rings. The number of ether oxygens (including phenoxy) is 1. The van der Waals surface area contributed by atoms with Crippen molar-refractivity contribution in [3.05, 3.63) is 23.9 Å². The first-order valence-electron chi connectivity index (χ1n) is 5.67. The van der Waals surface area contributed by atoms with Crippen molar-refractivity contribution in [2.24, 2.45) is 11.7 Å². The van der Waals surface area contributed by atoms with Crippen molar-refractivity contribution in [2.75, 3.05) is 6.61 Å². The van der Waals surface area contributed by atoms with Gasteiger partial charge in [0.2, 0.25) is 5.88 Å². The summed E-state index contributed by atoms with van der Waals surface area (Å²) in [4.78, 5) is 4.19. The topological polar surface area (TPSA) is 48.1 Å². The summed E-state index contributed by atoms with van der Waals surface area (Å²) < 4.78 is 5.64. The van der Waals surface area contributed by atoms with Crippen LogP contribution in [-0.2, 0) is 6.54 Å². The maximum absolute atomic E-state index is 5.64. The summed E-state index contributed by atoms with van der Waals surface area (Å²) in [5.41, 5.74) is 6.59. The Morgan fingerprint density at radius 1 is 1.47 bits per heavy atom. The van der Waals surface area contributed by atoms with Crippen LogP contribution in [0.25, 0.3) is 0 Å². The van der Waals surface area contributed by atoms with Crippen LogP contribution in [0.3, 0.4) is 0 Å². The summed E-state index contributed by atoms with van der Waals surface area (Å²) >= 11 is 0. The molecule has 0 saturated heterocycles. The standard InChI is InChI=1S/C12H18N2O/c13-9-11-5-2-7-14-12(11)15-8-6-10-3-1-4-10/h2,5,7,10H,1,3-4,6,8-9,13H2. The number of hydrogen-bond donors (Lipinski definition) is 1. The average Bonchev–Trinajstić information content (AvgIpc) is 2.22. The van der Waals surface area contributed by atoms with E-state index in [0.717, 1.165) is 24.5 Å². The minimum absolute atomic E-state index is 0.493. The second-order valence-electron chi connectivity index (χ2n) is 4.11. The molecule has 0 amide bonds. The SMILES string of the molecule is NCc1cccnc1OCCC1CCC1. The van der Waals surface area contributed by atoms with Crippen molar-refractivity contribution < 1.29 is 4.74 Å². The monoisotopic (exact) mass is 206 g/mol. The normalized spacial score (nSPS) is 16.1. The highest BCUT2D eigenvalue weighted by molar-refractivity contribution is 5.24. The van der Waals surface area contributed by atoms with Gasteiger partial charge < -0.3 is 10.5 Å². The Hall–Kier alpha value is -1.09. The molecule has 2 rings (SSSR count). The quantitative estimate of drug-likeness (QED) is 0.802.